The van der Waals surface area contributed by atoms with Crippen LogP contribution in [0, 0.1) is 5.41 Å². The van der Waals surface area contributed by atoms with Crippen LogP contribution in [0.5, 0.6) is 0 Å². The summed E-state index contributed by atoms with van der Waals surface area (Å²) in [5, 5.41) is 5.24. The van der Waals surface area contributed by atoms with Crippen molar-refractivity contribution < 1.29 is 0 Å². The maximum absolute atomic E-state index is 3.80. The van der Waals surface area contributed by atoms with Crippen LogP contribution in [0.25, 0.3) is 49.3 Å². The van der Waals surface area contributed by atoms with Gasteiger partial charge in [-0.3, -0.25) is 0 Å². The van der Waals surface area contributed by atoms with Gasteiger partial charge in [-0.15, -0.1) is 0 Å². The van der Waals surface area contributed by atoms with Gasteiger partial charge in [0.2, 0.25) is 0 Å². The predicted molar refractivity (Wildman–Crippen MR) is 150 cm³/mol. The van der Waals surface area contributed by atoms with E-state index in [1.807, 2.05) is 0 Å². The molecule has 7 rings (SSSR count). The Morgan fingerprint density at radius 1 is 0.543 bits per heavy atom. The summed E-state index contributed by atoms with van der Waals surface area (Å²) in [4.78, 5) is 3.80. The standard InChI is InChI=1S/C33H32N2/c1-31(2)25-17-23-22-16-24-21-14-10-11-15-29(21)35(20-12-8-7-9-13-20)30(24)19-28(22)34-27(23)18-26(25)32(3,4)33(31,5)6/h7-19,34H,1-6H3. The number of hydrogen-bond donors (Lipinski definition) is 1. The summed E-state index contributed by atoms with van der Waals surface area (Å²) in [5.74, 6) is 0. The van der Waals surface area contributed by atoms with Crippen LogP contribution in [0.4, 0.5) is 0 Å². The van der Waals surface area contributed by atoms with Gasteiger partial charge in [0.15, 0.2) is 0 Å². The van der Waals surface area contributed by atoms with E-state index in [4.69, 9.17) is 0 Å². The molecule has 6 aromatic rings. The molecule has 35 heavy (non-hydrogen) atoms. The maximum atomic E-state index is 3.80. The molecule has 0 saturated carbocycles. The topological polar surface area (TPSA) is 20.7 Å². The molecule has 1 aliphatic carbocycles. The van der Waals surface area contributed by atoms with Gasteiger partial charge in [-0.25, -0.2) is 0 Å². The normalized spacial score (nSPS) is 18.1. The van der Waals surface area contributed by atoms with Crippen molar-refractivity contribution in [1.29, 1.82) is 0 Å². The number of nitrogens with one attached hydrogen (secondary N) is 1. The Bertz CT molecular complexity index is 1810. The first-order valence-electron chi connectivity index (χ1n) is 12.7. The van der Waals surface area contributed by atoms with Gasteiger partial charge in [0, 0.05) is 38.3 Å². The molecular formula is C33H32N2. The lowest BCUT2D eigenvalue weighted by Gasteiger charge is -2.44. The number of aromatic amines is 1. The first-order valence-corrected chi connectivity index (χ1v) is 12.7. The Labute approximate surface area is 206 Å². The predicted octanol–water partition coefficient (Wildman–Crippen LogP) is 9.01. The van der Waals surface area contributed by atoms with E-state index in [1.54, 1.807) is 0 Å². The summed E-state index contributed by atoms with van der Waals surface area (Å²) in [6, 6.07) is 29.2. The van der Waals surface area contributed by atoms with Gasteiger partial charge in [-0.05, 0) is 69.8 Å². The fourth-order valence-electron chi connectivity index (χ4n) is 6.76. The number of H-pyrrole nitrogens is 1. The van der Waals surface area contributed by atoms with Gasteiger partial charge in [0.1, 0.15) is 0 Å². The molecule has 0 bridgehead atoms. The molecule has 0 unspecified atom stereocenters. The summed E-state index contributed by atoms with van der Waals surface area (Å²) in [6.45, 7) is 14.5. The highest BCUT2D eigenvalue weighted by atomic mass is 15.0. The third-order valence-corrected chi connectivity index (χ3v) is 10.0. The zero-order valence-electron chi connectivity index (χ0n) is 21.5. The average Bonchev–Trinajstić information content (AvgIpc) is 3.39. The fraction of sp³-hybridized carbons (Fsp3) is 0.273. The van der Waals surface area contributed by atoms with Crippen LogP contribution in [0.3, 0.4) is 0 Å². The number of benzene rings is 4. The smallest absolute Gasteiger partial charge is 0.0562 e. The van der Waals surface area contributed by atoms with E-state index in [2.05, 4.69) is 130 Å². The SMILES string of the molecule is CC1(C)c2cc3[nH]c4cc5c(cc4c3cc2C(C)(C)C1(C)C)c1ccccc1n5-c1ccccc1. The quantitative estimate of drug-likeness (QED) is 0.255. The van der Waals surface area contributed by atoms with Crippen molar-refractivity contribution in [2.45, 2.75) is 52.4 Å². The van der Waals surface area contributed by atoms with Crippen LogP contribution < -0.4 is 0 Å². The monoisotopic (exact) mass is 456 g/mol. The highest BCUT2D eigenvalue weighted by Gasteiger charge is 2.56. The summed E-state index contributed by atoms with van der Waals surface area (Å²) < 4.78 is 2.39. The molecule has 0 radical (unpaired) electrons. The third kappa shape index (κ3) is 2.40. The Kier molecular flexibility index (Phi) is 3.79. The molecule has 0 aliphatic heterocycles. The van der Waals surface area contributed by atoms with Crippen molar-refractivity contribution >= 4 is 43.6 Å². The maximum Gasteiger partial charge on any atom is 0.0562 e. The molecule has 0 atom stereocenters. The molecule has 2 heterocycles. The molecule has 0 fully saturated rings. The zero-order chi connectivity index (χ0) is 24.3. The molecule has 1 aliphatic rings. The van der Waals surface area contributed by atoms with Crippen LogP contribution in [-0.4, -0.2) is 9.55 Å². The molecule has 2 heteroatoms. The van der Waals surface area contributed by atoms with Gasteiger partial charge in [-0.1, -0.05) is 77.9 Å². The fourth-order valence-corrected chi connectivity index (χ4v) is 6.76. The van der Waals surface area contributed by atoms with Crippen molar-refractivity contribution in [2.24, 2.45) is 5.41 Å². The molecule has 0 amide bonds. The summed E-state index contributed by atoms with van der Waals surface area (Å²) in [7, 11) is 0. The number of aromatic nitrogens is 2. The van der Waals surface area contributed by atoms with E-state index in [0.29, 0.717) is 0 Å². The lowest BCUT2D eigenvalue weighted by molar-refractivity contribution is 0.125. The second-order valence-electron chi connectivity index (χ2n) is 12.0. The van der Waals surface area contributed by atoms with Crippen LogP contribution in [0.2, 0.25) is 0 Å². The molecule has 4 aromatic carbocycles. The number of para-hydroxylation sites is 2. The summed E-state index contributed by atoms with van der Waals surface area (Å²) >= 11 is 0. The van der Waals surface area contributed by atoms with Gasteiger partial charge < -0.3 is 9.55 Å². The minimum atomic E-state index is 0.0943. The molecular weight excluding hydrogens is 424 g/mol. The van der Waals surface area contributed by atoms with E-state index in [1.165, 1.54) is 60.4 Å². The first kappa shape index (κ1) is 20.8. The second kappa shape index (κ2) is 6.37. The van der Waals surface area contributed by atoms with Crippen molar-refractivity contribution in [3.63, 3.8) is 0 Å². The minimum absolute atomic E-state index is 0.0943. The molecule has 0 saturated heterocycles. The van der Waals surface area contributed by atoms with E-state index < -0.39 is 0 Å². The van der Waals surface area contributed by atoms with Crippen LogP contribution in [-0.2, 0) is 10.8 Å². The lowest BCUT2D eigenvalue weighted by Crippen LogP contribution is -2.42. The third-order valence-electron chi connectivity index (χ3n) is 10.0. The Hall–Kier alpha value is -3.52. The van der Waals surface area contributed by atoms with Crippen LogP contribution in [0.15, 0.2) is 78.9 Å². The molecule has 174 valence electrons. The van der Waals surface area contributed by atoms with Crippen molar-refractivity contribution in [3.05, 3.63) is 90.0 Å². The Morgan fingerprint density at radius 2 is 1.14 bits per heavy atom. The molecule has 1 N–H and O–H groups in total. The van der Waals surface area contributed by atoms with Crippen molar-refractivity contribution in [2.75, 3.05) is 0 Å². The van der Waals surface area contributed by atoms with Gasteiger partial charge in [0.05, 0.1) is 11.0 Å². The highest BCUT2D eigenvalue weighted by molar-refractivity contribution is 6.18. The zero-order valence-corrected chi connectivity index (χ0v) is 21.5. The molecule has 2 nitrogen and oxygen atoms in total. The number of fused-ring (bicyclic) bond motifs is 7. The van der Waals surface area contributed by atoms with E-state index >= 15 is 0 Å². The molecule has 0 spiro atoms. The van der Waals surface area contributed by atoms with Gasteiger partial charge >= 0.3 is 0 Å². The Balaban J connectivity index is 1.59. The minimum Gasteiger partial charge on any atom is -0.354 e. The van der Waals surface area contributed by atoms with Gasteiger partial charge in [-0.2, -0.15) is 0 Å². The van der Waals surface area contributed by atoms with Crippen LogP contribution in [0.1, 0.15) is 52.7 Å². The second-order valence-corrected chi connectivity index (χ2v) is 12.0. The molecule has 2 aromatic heterocycles. The van der Waals surface area contributed by atoms with Crippen LogP contribution >= 0.6 is 0 Å². The van der Waals surface area contributed by atoms with E-state index in [9.17, 15) is 0 Å². The van der Waals surface area contributed by atoms with Gasteiger partial charge in [0.25, 0.3) is 0 Å². The number of nitrogens with zero attached hydrogens (tertiary/aromatic N) is 1. The summed E-state index contributed by atoms with van der Waals surface area (Å²) in [6.07, 6.45) is 0. The average molecular weight is 457 g/mol. The van der Waals surface area contributed by atoms with Crippen molar-refractivity contribution in [3.8, 4) is 5.69 Å². The Morgan fingerprint density at radius 3 is 1.89 bits per heavy atom. The highest BCUT2D eigenvalue weighted by Crippen LogP contribution is 2.62. The van der Waals surface area contributed by atoms with E-state index in [-0.39, 0.29) is 16.2 Å². The number of rotatable bonds is 1. The van der Waals surface area contributed by atoms with E-state index in [0.717, 1.165) is 0 Å². The largest absolute Gasteiger partial charge is 0.354 e. The lowest BCUT2D eigenvalue weighted by atomic mass is 9.59. The summed E-state index contributed by atoms with van der Waals surface area (Å²) in [5.41, 5.74) is 9.45. The first-order chi connectivity index (χ1) is 16.6. The van der Waals surface area contributed by atoms with Crippen molar-refractivity contribution in [1.82, 2.24) is 9.55 Å². The number of hydrogen-bond acceptors (Lipinski definition) is 0.